The molecule has 0 aromatic heterocycles. The molecule has 2 nitrogen and oxygen atoms in total. The molecule has 0 radical (unpaired) electrons. The molecule has 0 aliphatic heterocycles. The van der Waals surface area contributed by atoms with Gasteiger partial charge in [-0.05, 0) is 95.7 Å². The highest BCUT2D eigenvalue weighted by molar-refractivity contribution is 5.87. The van der Waals surface area contributed by atoms with Gasteiger partial charge in [0.25, 0.3) is 0 Å². The summed E-state index contributed by atoms with van der Waals surface area (Å²) in [5.74, 6) is -0.224. The number of hydrogen-bond donors (Lipinski definition) is 1. The van der Waals surface area contributed by atoms with Gasteiger partial charge < -0.3 is 5.11 Å². The van der Waals surface area contributed by atoms with Crippen LogP contribution in [0.25, 0.3) is 6.08 Å². The van der Waals surface area contributed by atoms with Crippen LogP contribution < -0.4 is 0 Å². The number of aromatic carboxylic acids is 1. The molecular weight excluding hydrogens is 380 g/mol. The van der Waals surface area contributed by atoms with Gasteiger partial charge in [-0.1, -0.05) is 63.6 Å². The molecule has 2 atom stereocenters. The zero-order chi connectivity index (χ0) is 22.2. The maximum Gasteiger partial charge on any atom is 0.335 e. The third-order valence-corrected chi connectivity index (χ3v) is 8.63. The lowest BCUT2D eigenvalue weighted by Crippen LogP contribution is -2.34. The fourth-order valence-corrected chi connectivity index (χ4v) is 6.41. The summed E-state index contributed by atoms with van der Waals surface area (Å²) in [5.41, 5.74) is 10.0. The van der Waals surface area contributed by atoms with Gasteiger partial charge in [-0.25, -0.2) is 4.79 Å². The lowest BCUT2D eigenvalue weighted by molar-refractivity contribution is 0.0697. The number of allylic oxidation sites excluding steroid dienone is 1. The molecule has 5 rings (SSSR count). The summed E-state index contributed by atoms with van der Waals surface area (Å²) in [6.45, 7) is 12.0. The van der Waals surface area contributed by atoms with Crippen LogP contribution in [0.4, 0.5) is 0 Å². The first-order chi connectivity index (χ1) is 14.5. The van der Waals surface area contributed by atoms with E-state index in [2.05, 4.69) is 52.8 Å². The summed E-state index contributed by atoms with van der Waals surface area (Å²) >= 11 is 0. The summed E-state index contributed by atoms with van der Waals surface area (Å²) in [7, 11) is 0. The maximum absolute atomic E-state index is 11.1. The van der Waals surface area contributed by atoms with Crippen LogP contribution in [0.5, 0.6) is 0 Å². The second kappa shape index (κ2) is 6.58. The van der Waals surface area contributed by atoms with E-state index in [1.54, 1.807) is 34.4 Å². The molecule has 0 saturated heterocycles. The first kappa shape index (κ1) is 20.5. The monoisotopic (exact) mass is 414 g/mol. The van der Waals surface area contributed by atoms with E-state index in [-0.39, 0.29) is 10.8 Å². The van der Waals surface area contributed by atoms with E-state index in [4.69, 9.17) is 5.11 Å². The van der Waals surface area contributed by atoms with Gasteiger partial charge in [0.15, 0.2) is 0 Å². The summed E-state index contributed by atoms with van der Waals surface area (Å²) in [5, 5.41) is 9.13. The van der Waals surface area contributed by atoms with Gasteiger partial charge in [0.05, 0.1) is 5.56 Å². The van der Waals surface area contributed by atoms with Crippen molar-refractivity contribution in [3.8, 4) is 0 Å². The molecule has 31 heavy (non-hydrogen) atoms. The van der Waals surface area contributed by atoms with Crippen LogP contribution >= 0.6 is 0 Å². The number of benzene rings is 2. The Kier molecular flexibility index (Phi) is 4.36. The minimum atomic E-state index is -0.865. The summed E-state index contributed by atoms with van der Waals surface area (Å²) < 4.78 is 0. The Balaban J connectivity index is 1.48. The molecule has 0 amide bonds. The molecule has 1 N–H and O–H groups in total. The van der Waals surface area contributed by atoms with Crippen LogP contribution in [0.15, 0.2) is 42.0 Å². The highest BCUT2D eigenvalue weighted by Gasteiger charge is 2.60. The molecular formula is C29H34O2. The molecule has 3 aliphatic carbocycles. The molecule has 2 fully saturated rings. The molecule has 2 aromatic carbocycles. The number of hydrogen-bond acceptors (Lipinski definition) is 1. The maximum atomic E-state index is 11.1. The van der Waals surface area contributed by atoms with Crippen molar-refractivity contribution < 1.29 is 9.90 Å². The highest BCUT2D eigenvalue weighted by atomic mass is 16.4. The van der Waals surface area contributed by atoms with E-state index >= 15 is 0 Å². The summed E-state index contributed by atoms with van der Waals surface area (Å²) in [4.78, 5) is 11.1. The molecule has 0 spiro atoms. The SMILES string of the molecule is Cc1cc2c(cc1C13CCC(=Cc4ccc(C(=O)O)cc4)C1C3)C(C)(C)CCC2(C)C. The fraction of sp³-hybridized carbons (Fsp3) is 0.483. The number of aryl methyl sites for hydroxylation is 1. The molecule has 2 unspecified atom stereocenters. The van der Waals surface area contributed by atoms with Crippen molar-refractivity contribution >= 4 is 12.0 Å². The molecule has 0 heterocycles. The molecule has 2 heteroatoms. The Morgan fingerprint density at radius 2 is 1.55 bits per heavy atom. The van der Waals surface area contributed by atoms with E-state index in [0.29, 0.717) is 16.9 Å². The lowest BCUT2D eigenvalue weighted by atomic mass is 9.62. The molecule has 2 saturated carbocycles. The Morgan fingerprint density at radius 3 is 2.13 bits per heavy atom. The minimum Gasteiger partial charge on any atom is -0.478 e. The zero-order valence-corrected chi connectivity index (χ0v) is 19.5. The van der Waals surface area contributed by atoms with E-state index in [1.165, 1.54) is 31.2 Å². The standard InChI is InChI=1S/C29H34O2/c1-18-14-23-24(28(4,5)13-12-27(23,2)3)16-22(18)29-11-10-21(25(29)17-29)15-19-6-8-20(9-7-19)26(30)31/h6-9,14-16,25H,10-13,17H2,1-5H3,(H,30,31). The second-order valence-corrected chi connectivity index (χ2v) is 11.5. The highest BCUT2D eigenvalue weighted by Crippen LogP contribution is 2.68. The average Bonchev–Trinajstić information content (AvgIpc) is 3.35. The minimum absolute atomic E-state index is 0.248. The normalized spacial score (nSPS) is 28.8. The Morgan fingerprint density at radius 1 is 0.935 bits per heavy atom. The quantitative estimate of drug-likeness (QED) is 0.578. The first-order valence-electron chi connectivity index (χ1n) is 11.7. The average molecular weight is 415 g/mol. The van der Waals surface area contributed by atoms with Gasteiger partial charge in [0.2, 0.25) is 0 Å². The largest absolute Gasteiger partial charge is 0.478 e. The molecule has 0 bridgehead atoms. The number of carbonyl (C=O) groups is 1. The van der Waals surface area contributed by atoms with Gasteiger partial charge in [-0.15, -0.1) is 0 Å². The van der Waals surface area contributed by atoms with Gasteiger partial charge >= 0.3 is 5.97 Å². The van der Waals surface area contributed by atoms with Crippen LogP contribution in [0.2, 0.25) is 0 Å². The third kappa shape index (κ3) is 3.18. The fourth-order valence-electron chi connectivity index (χ4n) is 6.41. The van der Waals surface area contributed by atoms with Crippen molar-refractivity contribution in [3.63, 3.8) is 0 Å². The van der Waals surface area contributed by atoms with Gasteiger partial charge in [-0.3, -0.25) is 0 Å². The third-order valence-electron chi connectivity index (χ3n) is 8.63. The van der Waals surface area contributed by atoms with Crippen LogP contribution in [0.3, 0.4) is 0 Å². The van der Waals surface area contributed by atoms with Crippen molar-refractivity contribution in [2.24, 2.45) is 5.92 Å². The van der Waals surface area contributed by atoms with Crippen LogP contribution in [0.1, 0.15) is 98.0 Å². The topological polar surface area (TPSA) is 37.3 Å². The van der Waals surface area contributed by atoms with Gasteiger partial charge in [-0.2, -0.15) is 0 Å². The second-order valence-electron chi connectivity index (χ2n) is 11.5. The molecule has 3 aliphatic rings. The predicted molar refractivity (Wildman–Crippen MR) is 127 cm³/mol. The Labute approximate surface area is 186 Å². The van der Waals surface area contributed by atoms with Gasteiger partial charge in [0, 0.05) is 5.41 Å². The number of rotatable bonds is 3. The van der Waals surface area contributed by atoms with Crippen molar-refractivity contribution in [2.75, 3.05) is 0 Å². The molecule has 2 aromatic rings. The van der Waals surface area contributed by atoms with E-state index in [0.717, 1.165) is 12.0 Å². The van der Waals surface area contributed by atoms with Crippen molar-refractivity contribution in [1.82, 2.24) is 0 Å². The van der Waals surface area contributed by atoms with Crippen molar-refractivity contribution in [3.05, 3.63) is 75.4 Å². The van der Waals surface area contributed by atoms with Crippen molar-refractivity contribution in [2.45, 2.75) is 83.0 Å². The number of carboxylic acids is 1. The smallest absolute Gasteiger partial charge is 0.335 e. The molecule has 162 valence electrons. The Hall–Kier alpha value is -2.35. The zero-order valence-electron chi connectivity index (χ0n) is 19.5. The summed E-state index contributed by atoms with van der Waals surface area (Å²) in [6, 6.07) is 12.4. The predicted octanol–water partition coefficient (Wildman–Crippen LogP) is 7.18. The van der Waals surface area contributed by atoms with Crippen LogP contribution in [0, 0.1) is 12.8 Å². The van der Waals surface area contributed by atoms with E-state index in [9.17, 15) is 4.79 Å². The van der Waals surface area contributed by atoms with E-state index in [1.807, 2.05) is 12.1 Å². The lowest BCUT2D eigenvalue weighted by Gasteiger charge is -2.43. The van der Waals surface area contributed by atoms with E-state index < -0.39 is 5.97 Å². The first-order valence-corrected chi connectivity index (χ1v) is 11.7. The van der Waals surface area contributed by atoms with Crippen molar-refractivity contribution in [1.29, 1.82) is 0 Å². The Bertz CT molecular complexity index is 1100. The summed E-state index contributed by atoms with van der Waals surface area (Å²) in [6.07, 6.45) is 8.47. The number of carboxylic acid groups (broad SMARTS) is 1. The van der Waals surface area contributed by atoms with Crippen LogP contribution in [-0.2, 0) is 16.2 Å². The number of fused-ring (bicyclic) bond motifs is 2. The van der Waals surface area contributed by atoms with Crippen LogP contribution in [-0.4, -0.2) is 11.1 Å². The van der Waals surface area contributed by atoms with Gasteiger partial charge in [0.1, 0.15) is 0 Å².